The minimum Gasteiger partial charge on any atom is -0.487 e. The van der Waals surface area contributed by atoms with E-state index in [9.17, 15) is 0 Å². The fourth-order valence-electron chi connectivity index (χ4n) is 3.32. The molecule has 2 unspecified atom stereocenters. The molecule has 2 nitrogen and oxygen atoms in total. The molecule has 3 atom stereocenters. The van der Waals surface area contributed by atoms with E-state index in [4.69, 9.17) is 22.1 Å². The maximum absolute atomic E-state index is 6.29. The highest BCUT2D eigenvalue weighted by molar-refractivity contribution is 6.30. The average molecular weight is 252 g/mol. The first kappa shape index (κ1) is 11.4. The largest absolute Gasteiger partial charge is 0.487 e. The van der Waals surface area contributed by atoms with Crippen molar-refractivity contribution in [1.82, 2.24) is 0 Å². The van der Waals surface area contributed by atoms with Crippen molar-refractivity contribution in [2.45, 2.75) is 44.2 Å². The fourth-order valence-corrected chi connectivity index (χ4v) is 3.50. The summed E-state index contributed by atoms with van der Waals surface area (Å²) in [6.07, 6.45) is 4.54. The Bertz CT molecular complexity index is 448. The van der Waals surface area contributed by atoms with E-state index in [0.29, 0.717) is 5.92 Å². The van der Waals surface area contributed by atoms with Crippen molar-refractivity contribution >= 4 is 11.6 Å². The lowest BCUT2D eigenvalue weighted by Gasteiger charge is -2.41. The van der Waals surface area contributed by atoms with Crippen molar-refractivity contribution < 1.29 is 4.74 Å². The maximum atomic E-state index is 6.29. The number of rotatable bonds is 0. The van der Waals surface area contributed by atoms with Gasteiger partial charge in [0.15, 0.2) is 0 Å². The summed E-state index contributed by atoms with van der Waals surface area (Å²) in [6, 6.07) is 5.83. The van der Waals surface area contributed by atoms with Gasteiger partial charge in [0.05, 0.1) is 0 Å². The van der Waals surface area contributed by atoms with Crippen LogP contribution in [0.1, 0.15) is 44.2 Å². The number of benzene rings is 1. The Morgan fingerprint density at radius 1 is 1.47 bits per heavy atom. The Balaban J connectivity index is 2.01. The van der Waals surface area contributed by atoms with Crippen LogP contribution in [-0.2, 0) is 0 Å². The van der Waals surface area contributed by atoms with Crippen molar-refractivity contribution in [3.8, 4) is 5.75 Å². The van der Waals surface area contributed by atoms with Gasteiger partial charge in [-0.2, -0.15) is 0 Å². The van der Waals surface area contributed by atoms with E-state index in [2.05, 4.69) is 6.92 Å². The molecule has 0 bridgehead atoms. The van der Waals surface area contributed by atoms with Crippen LogP contribution in [0.4, 0.5) is 0 Å². The average Bonchev–Trinajstić information content (AvgIpc) is 2.62. The molecule has 0 saturated heterocycles. The van der Waals surface area contributed by atoms with E-state index < -0.39 is 0 Å². The molecule has 0 radical (unpaired) electrons. The summed E-state index contributed by atoms with van der Waals surface area (Å²) in [5.74, 6) is 1.53. The van der Waals surface area contributed by atoms with Crippen LogP contribution in [0, 0.1) is 5.92 Å². The Morgan fingerprint density at radius 3 is 3.00 bits per heavy atom. The highest BCUT2D eigenvalue weighted by Crippen LogP contribution is 2.49. The lowest BCUT2D eigenvalue weighted by Crippen LogP contribution is -2.44. The zero-order valence-electron chi connectivity index (χ0n) is 10.1. The van der Waals surface area contributed by atoms with Gasteiger partial charge in [0.25, 0.3) is 0 Å². The van der Waals surface area contributed by atoms with E-state index in [1.807, 2.05) is 18.2 Å². The molecule has 0 amide bonds. The molecule has 0 aromatic heterocycles. The number of hydrogen-bond donors (Lipinski definition) is 1. The van der Waals surface area contributed by atoms with Gasteiger partial charge in [-0.05, 0) is 43.4 Å². The van der Waals surface area contributed by atoms with Gasteiger partial charge in [-0.15, -0.1) is 0 Å². The van der Waals surface area contributed by atoms with Gasteiger partial charge in [-0.1, -0.05) is 18.5 Å². The number of nitrogens with two attached hydrogens (primary N) is 1. The summed E-state index contributed by atoms with van der Waals surface area (Å²) in [7, 11) is 0. The molecule has 2 N–H and O–H groups in total. The second-order valence-corrected chi connectivity index (χ2v) is 5.89. The van der Waals surface area contributed by atoms with Gasteiger partial charge in [-0.25, -0.2) is 0 Å². The fraction of sp³-hybridized carbons (Fsp3) is 0.571. The van der Waals surface area contributed by atoms with E-state index in [1.54, 1.807) is 0 Å². The van der Waals surface area contributed by atoms with E-state index in [1.165, 1.54) is 12.8 Å². The Kier molecular flexibility index (Phi) is 2.60. The second-order valence-electron chi connectivity index (χ2n) is 5.45. The first-order valence-corrected chi connectivity index (χ1v) is 6.72. The van der Waals surface area contributed by atoms with Crippen LogP contribution in [0.3, 0.4) is 0 Å². The Hall–Kier alpha value is -0.730. The summed E-state index contributed by atoms with van der Waals surface area (Å²) in [5.41, 5.74) is 7.32. The number of halogens is 1. The summed E-state index contributed by atoms with van der Waals surface area (Å²) in [4.78, 5) is 0. The molecule has 3 rings (SSSR count). The summed E-state index contributed by atoms with van der Waals surface area (Å²) < 4.78 is 6.28. The topological polar surface area (TPSA) is 35.2 Å². The SMILES string of the molecule is CC1CCCC12C[C@H](N)c1cc(Cl)ccc1O2. The minimum atomic E-state index is -0.0275. The van der Waals surface area contributed by atoms with Crippen LogP contribution in [0.2, 0.25) is 5.02 Å². The van der Waals surface area contributed by atoms with Crippen molar-refractivity contribution in [2.75, 3.05) is 0 Å². The first-order valence-electron chi connectivity index (χ1n) is 6.35. The van der Waals surface area contributed by atoms with Crippen LogP contribution in [0.25, 0.3) is 0 Å². The zero-order chi connectivity index (χ0) is 12.0. The third-order valence-electron chi connectivity index (χ3n) is 4.39. The van der Waals surface area contributed by atoms with Gasteiger partial charge >= 0.3 is 0 Å². The lowest BCUT2D eigenvalue weighted by molar-refractivity contribution is 0.00668. The normalized spacial score (nSPS) is 35.7. The summed E-state index contributed by atoms with van der Waals surface area (Å²) >= 11 is 6.01. The van der Waals surface area contributed by atoms with Crippen molar-refractivity contribution in [3.63, 3.8) is 0 Å². The van der Waals surface area contributed by atoms with Crippen molar-refractivity contribution in [1.29, 1.82) is 0 Å². The molecule has 1 saturated carbocycles. The molecule has 1 aliphatic carbocycles. The third kappa shape index (κ3) is 1.74. The molecular weight excluding hydrogens is 234 g/mol. The van der Waals surface area contributed by atoms with Crippen LogP contribution in [0.5, 0.6) is 5.75 Å². The molecule has 1 fully saturated rings. The maximum Gasteiger partial charge on any atom is 0.125 e. The van der Waals surface area contributed by atoms with Gasteiger partial charge in [0.2, 0.25) is 0 Å². The van der Waals surface area contributed by atoms with Gasteiger partial charge in [-0.3, -0.25) is 0 Å². The van der Waals surface area contributed by atoms with Crippen LogP contribution in [0.15, 0.2) is 18.2 Å². The highest BCUT2D eigenvalue weighted by atomic mass is 35.5. The molecule has 1 spiro atoms. The molecule has 1 heterocycles. The molecule has 2 aliphatic rings. The number of hydrogen-bond acceptors (Lipinski definition) is 2. The summed E-state index contributed by atoms with van der Waals surface area (Å²) in [6.45, 7) is 2.28. The molecule has 92 valence electrons. The molecule has 3 heteroatoms. The van der Waals surface area contributed by atoms with Gasteiger partial charge in [0, 0.05) is 23.0 Å². The zero-order valence-corrected chi connectivity index (χ0v) is 10.8. The first-order chi connectivity index (χ1) is 8.11. The number of fused-ring (bicyclic) bond motifs is 1. The quantitative estimate of drug-likeness (QED) is 0.763. The van der Waals surface area contributed by atoms with E-state index >= 15 is 0 Å². The molecule has 1 aromatic carbocycles. The standard InChI is InChI=1S/C14H18ClNO/c1-9-3-2-6-14(9)8-12(16)11-7-10(15)4-5-13(11)17-14/h4-5,7,9,12H,2-3,6,8,16H2,1H3/t9?,12-,14?/m0/s1. The lowest BCUT2D eigenvalue weighted by atomic mass is 9.81. The van der Waals surface area contributed by atoms with Crippen LogP contribution < -0.4 is 10.5 Å². The molecule has 1 aliphatic heterocycles. The highest BCUT2D eigenvalue weighted by Gasteiger charge is 2.46. The Labute approximate surface area is 107 Å². The number of ether oxygens (including phenoxy) is 1. The predicted octanol–water partition coefficient (Wildman–Crippen LogP) is 3.68. The smallest absolute Gasteiger partial charge is 0.125 e. The predicted molar refractivity (Wildman–Crippen MR) is 69.4 cm³/mol. The van der Waals surface area contributed by atoms with Gasteiger partial charge < -0.3 is 10.5 Å². The van der Waals surface area contributed by atoms with E-state index in [0.717, 1.165) is 29.2 Å². The third-order valence-corrected chi connectivity index (χ3v) is 4.62. The van der Waals surface area contributed by atoms with Crippen molar-refractivity contribution in [2.24, 2.45) is 11.7 Å². The molecule has 17 heavy (non-hydrogen) atoms. The van der Waals surface area contributed by atoms with Crippen LogP contribution >= 0.6 is 11.6 Å². The second kappa shape index (κ2) is 3.89. The van der Waals surface area contributed by atoms with Gasteiger partial charge in [0.1, 0.15) is 11.4 Å². The summed E-state index contributed by atoms with van der Waals surface area (Å²) in [5, 5.41) is 0.734. The molecule has 1 aromatic rings. The van der Waals surface area contributed by atoms with Crippen molar-refractivity contribution in [3.05, 3.63) is 28.8 Å². The van der Waals surface area contributed by atoms with Crippen LogP contribution in [-0.4, -0.2) is 5.60 Å². The Morgan fingerprint density at radius 2 is 2.29 bits per heavy atom. The van der Waals surface area contributed by atoms with E-state index in [-0.39, 0.29) is 11.6 Å². The molecular formula is C14H18ClNO. The minimum absolute atomic E-state index is 0.0275. The monoisotopic (exact) mass is 251 g/mol.